The SMILES string of the molecule is CCCCCc1c(C)nn(-c2nc(CC(=O)Nc3ccc(C)cc3C)cs2)c1C. The van der Waals surface area contributed by atoms with E-state index in [4.69, 9.17) is 5.10 Å². The molecule has 5 nitrogen and oxygen atoms in total. The predicted molar refractivity (Wildman–Crippen MR) is 120 cm³/mol. The quantitative estimate of drug-likeness (QED) is 0.501. The van der Waals surface area contributed by atoms with Crippen molar-refractivity contribution in [3.63, 3.8) is 0 Å². The van der Waals surface area contributed by atoms with Gasteiger partial charge in [0.05, 0.1) is 17.8 Å². The van der Waals surface area contributed by atoms with Crippen molar-refractivity contribution in [1.82, 2.24) is 14.8 Å². The van der Waals surface area contributed by atoms with Crippen LogP contribution in [0.1, 0.15) is 60.0 Å². The molecule has 0 fully saturated rings. The second-order valence-corrected chi connectivity index (χ2v) is 8.52. The number of anilines is 1. The Hall–Kier alpha value is -2.47. The first-order valence-corrected chi connectivity index (χ1v) is 11.1. The Kier molecular flexibility index (Phi) is 6.85. The van der Waals surface area contributed by atoms with Crippen molar-refractivity contribution in [2.45, 2.75) is 66.7 Å². The van der Waals surface area contributed by atoms with Crippen LogP contribution in [0.4, 0.5) is 5.69 Å². The summed E-state index contributed by atoms with van der Waals surface area (Å²) in [6.45, 7) is 10.4. The van der Waals surface area contributed by atoms with Gasteiger partial charge in [-0.3, -0.25) is 4.79 Å². The third-order valence-electron chi connectivity index (χ3n) is 5.19. The van der Waals surface area contributed by atoms with E-state index in [-0.39, 0.29) is 12.3 Å². The van der Waals surface area contributed by atoms with Gasteiger partial charge < -0.3 is 5.32 Å². The molecule has 0 spiro atoms. The Balaban J connectivity index is 1.69. The summed E-state index contributed by atoms with van der Waals surface area (Å²) in [7, 11) is 0. The maximum Gasteiger partial charge on any atom is 0.230 e. The first kappa shape index (κ1) is 21.2. The van der Waals surface area contributed by atoms with E-state index in [0.29, 0.717) is 0 Å². The van der Waals surface area contributed by atoms with E-state index < -0.39 is 0 Å². The van der Waals surface area contributed by atoms with Gasteiger partial charge in [-0.2, -0.15) is 5.10 Å². The Morgan fingerprint density at radius 3 is 2.69 bits per heavy atom. The zero-order chi connectivity index (χ0) is 21.0. The molecule has 0 unspecified atom stereocenters. The Labute approximate surface area is 177 Å². The van der Waals surface area contributed by atoms with Crippen LogP contribution >= 0.6 is 11.3 Å². The molecule has 154 valence electrons. The van der Waals surface area contributed by atoms with Crippen molar-refractivity contribution >= 4 is 22.9 Å². The molecule has 1 amide bonds. The highest BCUT2D eigenvalue weighted by Crippen LogP contribution is 2.23. The number of rotatable bonds is 8. The van der Waals surface area contributed by atoms with E-state index in [1.807, 2.05) is 36.0 Å². The Morgan fingerprint density at radius 2 is 1.97 bits per heavy atom. The zero-order valence-corrected chi connectivity index (χ0v) is 18.8. The third-order valence-corrected chi connectivity index (χ3v) is 6.05. The van der Waals surface area contributed by atoms with Crippen molar-refractivity contribution in [1.29, 1.82) is 0 Å². The van der Waals surface area contributed by atoms with Crippen LogP contribution in [-0.2, 0) is 17.6 Å². The average molecular weight is 411 g/mol. The third kappa shape index (κ3) is 5.12. The van der Waals surface area contributed by atoms with E-state index in [0.717, 1.165) is 39.9 Å². The highest BCUT2D eigenvalue weighted by Gasteiger charge is 2.16. The summed E-state index contributed by atoms with van der Waals surface area (Å²) in [6, 6.07) is 6.02. The molecule has 0 aliphatic carbocycles. The molecule has 29 heavy (non-hydrogen) atoms. The fourth-order valence-electron chi connectivity index (χ4n) is 3.56. The van der Waals surface area contributed by atoms with Crippen LogP contribution in [0.3, 0.4) is 0 Å². The number of nitrogens with one attached hydrogen (secondary N) is 1. The standard InChI is InChI=1S/C23H30N4OS/c1-6-7-8-9-20-17(4)26-27(18(20)5)23-24-19(14-29-23)13-22(28)25-21-11-10-15(2)12-16(21)3/h10-12,14H,6-9,13H2,1-5H3,(H,25,28). The van der Waals surface area contributed by atoms with Crippen LogP contribution in [0.15, 0.2) is 23.6 Å². The van der Waals surface area contributed by atoms with Crippen molar-refractivity contribution < 1.29 is 4.79 Å². The summed E-state index contributed by atoms with van der Waals surface area (Å²) in [5.74, 6) is -0.0533. The van der Waals surface area contributed by atoms with Crippen molar-refractivity contribution in [3.05, 3.63) is 57.4 Å². The molecule has 0 saturated carbocycles. The number of aromatic nitrogens is 3. The second-order valence-electron chi connectivity index (χ2n) is 7.68. The summed E-state index contributed by atoms with van der Waals surface area (Å²) in [5.41, 5.74) is 7.42. The van der Waals surface area contributed by atoms with Gasteiger partial charge in [0.1, 0.15) is 0 Å². The number of hydrogen-bond donors (Lipinski definition) is 1. The van der Waals surface area contributed by atoms with Gasteiger partial charge in [0.2, 0.25) is 11.0 Å². The van der Waals surface area contributed by atoms with E-state index >= 15 is 0 Å². The lowest BCUT2D eigenvalue weighted by molar-refractivity contribution is -0.115. The van der Waals surface area contributed by atoms with E-state index in [2.05, 4.69) is 37.1 Å². The van der Waals surface area contributed by atoms with Crippen LogP contribution in [-0.4, -0.2) is 20.7 Å². The topological polar surface area (TPSA) is 59.8 Å². The van der Waals surface area contributed by atoms with Crippen molar-refractivity contribution in [3.8, 4) is 5.13 Å². The Bertz CT molecular complexity index is 1000. The van der Waals surface area contributed by atoms with Gasteiger partial charge in [-0.1, -0.05) is 37.5 Å². The van der Waals surface area contributed by atoms with Gasteiger partial charge >= 0.3 is 0 Å². The number of unbranched alkanes of at least 4 members (excludes halogenated alkanes) is 2. The molecule has 1 N–H and O–H groups in total. The summed E-state index contributed by atoms with van der Waals surface area (Å²) < 4.78 is 1.92. The number of carbonyl (C=O) groups excluding carboxylic acids is 1. The highest BCUT2D eigenvalue weighted by molar-refractivity contribution is 7.12. The minimum Gasteiger partial charge on any atom is -0.326 e. The molecule has 3 rings (SSSR count). The molecular weight excluding hydrogens is 380 g/mol. The fourth-order valence-corrected chi connectivity index (χ4v) is 4.39. The zero-order valence-electron chi connectivity index (χ0n) is 18.0. The Morgan fingerprint density at radius 1 is 1.17 bits per heavy atom. The largest absolute Gasteiger partial charge is 0.326 e. The highest BCUT2D eigenvalue weighted by atomic mass is 32.1. The smallest absolute Gasteiger partial charge is 0.230 e. The molecule has 0 bridgehead atoms. The fraction of sp³-hybridized carbons (Fsp3) is 0.435. The number of hydrogen-bond acceptors (Lipinski definition) is 4. The lowest BCUT2D eigenvalue weighted by atomic mass is 10.1. The number of benzene rings is 1. The number of thiazole rings is 1. The van der Waals surface area contributed by atoms with Crippen LogP contribution in [0.5, 0.6) is 0 Å². The molecule has 0 aliphatic heterocycles. The number of aryl methyl sites for hydroxylation is 3. The molecule has 0 saturated heterocycles. The minimum atomic E-state index is -0.0533. The number of amides is 1. The van der Waals surface area contributed by atoms with Gasteiger partial charge in [-0.05, 0) is 57.7 Å². The molecule has 0 aliphatic rings. The first-order chi connectivity index (χ1) is 13.9. The summed E-state index contributed by atoms with van der Waals surface area (Å²) in [4.78, 5) is 17.1. The molecule has 0 atom stereocenters. The van der Waals surface area contributed by atoms with Gasteiger partial charge in [0.25, 0.3) is 0 Å². The lowest BCUT2D eigenvalue weighted by Gasteiger charge is -2.08. The van der Waals surface area contributed by atoms with E-state index in [1.54, 1.807) is 0 Å². The van der Waals surface area contributed by atoms with Gasteiger partial charge in [0, 0.05) is 16.8 Å². The van der Waals surface area contributed by atoms with Crippen molar-refractivity contribution in [2.24, 2.45) is 0 Å². The summed E-state index contributed by atoms with van der Waals surface area (Å²) in [6.07, 6.45) is 4.95. The van der Waals surface area contributed by atoms with Crippen LogP contribution in [0.2, 0.25) is 0 Å². The maximum absolute atomic E-state index is 12.5. The van der Waals surface area contributed by atoms with Gasteiger partial charge in [-0.25, -0.2) is 9.67 Å². The summed E-state index contributed by atoms with van der Waals surface area (Å²) in [5, 5.41) is 10.5. The normalized spacial score (nSPS) is 11.1. The molecule has 0 radical (unpaired) electrons. The monoisotopic (exact) mass is 410 g/mol. The molecular formula is C23H30N4OS. The number of nitrogens with zero attached hydrogens (tertiary/aromatic N) is 3. The van der Waals surface area contributed by atoms with Crippen LogP contribution in [0.25, 0.3) is 5.13 Å². The molecule has 6 heteroatoms. The number of carbonyl (C=O) groups is 1. The molecule has 3 aromatic rings. The first-order valence-electron chi connectivity index (χ1n) is 10.3. The maximum atomic E-state index is 12.5. The van der Waals surface area contributed by atoms with E-state index in [1.165, 1.54) is 41.7 Å². The van der Waals surface area contributed by atoms with Gasteiger partial charge in [0.15, 0.2) is 0 Å². The van der Waals surface area contributed by atoms with E-state index in [9.17, 15) is 4.79 Å². The average Bonchev–Trinajstić information content (AvgIpc) is 3.23. The van der Waals surface area contributed by atoms with Crippen molar-refractivity contribution in [2.75, 3.05) is 5.32 Å². The second kappa shape index (κ2) is 9.35. The summed E-state index contributed by atoms with van der Waals surface area (Å²) >= 11 is 1.53. The van der Waals surface area contributed by atoms with Gasteiger partial charge in [-0.15, -0.1) is 11.3 Å². The minimum absolute atomic E-state index is 0.0533. The molecule has 2 aromatic heterocycles. The predicted octanol–water partition coefficient (Wildman–Crippen LogP) is 5.48. The lowest BCUT2D eigenvalue weighted by Crippen LogP contribution is -2.15. The molecule has 1 aromatic carbocycles. The van der Waals surface area contributed by atoms with Crippen LogP contribution < -0.4 is 5.32 Å². The molecule has 2 heterocycles. The van der Waals surface area contributed by atoms with Crippen LogP contribution in [0, 0.1) is 27.7 Å².